The highest BCUT2D eigenvalue weighted by molar-refractivity contribution is 5.84. The Morgan fingerprint density at radius 1 is 0.722 bits per heavy atom. The van der Waals surface area contributed by atoms with Crippen molar-refractivity contribution in [2.45, 2.75) is 0 Å². The number of fused-ring (bicyclic) bond motifs is 1. The van der Waals surface area contributed by atoms with E-state index in [1.165, 1.54) is 14.2 Å². The summed E-state index contributed by atoms with van der Waals surface area (Å²) in [4.78, 5) is 24.0. The minimum Gasteiger partial charge on any atom is -0.469 e. The third-order valence-electron chi connectivity index (χ3n) is 4.61. The van der Waals surface area contributed by atoms with Crippen molar-refractivity contribution in [1.29, 1.82) is 0 Å². The van der Waals surface area contributed by atoms with Gasteiger partial charge >= 0.3 is 11.9 Å². The van der Waals surface area contributed by atoms with E-state index in [2.05, 4.69) is 24.3 Å². The van der Waals surface area contributed by atoms with Crippen LogP contribution in [-0.4, -0.2) is 26.2 Å². The highest BCUT2D eigenvalue weighted by Gasteiger charge is 2.58. The number of ether oxygens (including phenoxy) is 2. The molecule has 1 fully saturated rings. The lowest BCUT2D eigenvalue weighted by atomic mass is 9.50. The first-order valence-corrected chi connectivity index (χ1v) is 6.21. The Hall–Kier alpha value is -1.58. The summed E-state index contributed by atoms with van der Waals surface area (Å²) in [5.41, 5.74) is 0. The van der Waals surface area contributed by atoms with Crippen molar-refractivity contribution < 1.29 is 19.1 Å². The molecule has 96 valence electrons. The third-order valence-corrected chi connectivity index (χ3v) is 4.61. The van der Waals surface area contributed by atoms with Gasteiger partial charge in [0.1, 0.15) is 0 Å². The van der Waals surface area contributed by atoms with Gasteiger partial charge in [0.2, 0.25) is 0 Å². The molecule has 4 aliphatic carbocycles. The topological polar surface area (TPSA) is 52.6 Å². The van der Waals surface area contributed by atoms with Gasteiger partial charge in [-0.2, -0.15) is 0 Å². The molecule has 2 bridgehead atoms. The van der Waals surface area contributed by atoms with Crippen LogP contribution < -0.4 is 0 Å². The van der Waals surface area contributed by atoms with E-state index in [4.69, 9.17) is 9.47 Å². The lowest BCUT2D eigenvalue weighted by molar-refractivity contribution is -0.167. The van der Waals surface area contributed by atoms with Gasteiger partial charge in [0, 0.05) is 0 Å². The van der Waals surface area contributed by atoms with Gasteiger partial charge in [0.15, 0.2) is 0 Å². The van der Waals surface area contributed by atoms with Crippen molar-refractivity contribution in [3.8, 4) is 0 Å². The summed E-state index contributed by atoms with van der Waals surface area (Å²) in [7, 11) is 2.74. The van der Waals surface area contributed by atoms with E-state index in [-0.39, 0.29) is 23.8 Å². The molecular weight excluding hydrogens is 232 g/mol. The summed E-state index contributed by atoms with van der Waals surface area (Å²) in [6.07, 6.45) is 8.40. The van der Waals surface area contributed by atoms with E-state index in [0.29, 0.717) is 11.8 Å². The second kappa shape index (κ2) is 3.97. The number of allylic oxidation sites excluding steroid dienone is 4. The highest BCUT2D eigenvalue weighted by atomic mass is 16.5. The number of hydrogen-bond donors (Lipinski definition) is 0. The molecule has 0 saturated heterocycles. The van der Waals surface area contributed by atoms with Gasteiger partial charge in [-0.05, 0) is 23.7 Å². The molecule has 0 radical (unpaired) electrons. The molecule has 0 spiro atoms. The van der Waals surface area contributed by atoms with Crippen molar-refractivity contribution in [3.63, 3.8) is 0 Å². The van der Waals surface area contributed by atoms with Crippen LogP contribution in [0.15, 0.2) is 24.3 Å². The molecule has 18 heavy (non-hydrogen) atoms. The molecular formula is C14H16O4. The van der Waals surface area contributed by atoms with Crippen LogP contribution in [0.3, 0.4) is 0 Å². The number of rotatable bonds is 2. The van der Waals surface area contributed by atoms with Crippen molar-refractivity contribution >= 4 is 11.9 Å². The zero-order valence-electron chi connectivity index (χ0n) is 10.4. The summed E-state index contributed by atoms with van der Waals surface area (Å²) in [5, 5.41) is 0. The first-order valence-electron chi connectivity index (χ1n) is 6.21. The number of methoxy groups -OCH3 is 2. The Morgan fingerprint density at radius 3 is 1.33 bits per heavy atom. The lowest BCUT2D eigenvalue weighted by Gasteiger charge is -2.53. The van der Waals surface area contributed by atoms with Crippen LogP contribution in [0.4, 0.5) is 0 Å². The minimum atomic E-state index is -0.399. The fraction of sp³-hybridized carbons (Fsp3) is 0.571. The quantitative estimate of drug-likeness (QED) is 0.544. The summed E-state index contributed by atoms with van der Waals surface area (Å²) < 4.78 is 9.74. The molecule has 1 saturated carbocycles. The normalized spacial score (nSPS) is 43.0. The number of hydrogen-bond acceptors (Lipinski definition) is 4. The molecule has 4 nitrogen and oxygen atoms in total. The lowest BCUT2D eigenvalue weighted by Crippen LogP contribution is -2.55. The average Bonchev–Trinajstić information content (AvgIpc) is 2.35. The fourth-order valence-corrected chi connectivity index (χ4v) is 3.73. The van der Waals surface area contributed by atoms with Crippen LogP contribution in [0.25, 0.3) is 0 Å². The smallest absolute Gasteiger partial charge is 0.310 e. The molecule has 4 rings (SSSR count). The molecule has 0 aromatic rings. The van der Waals surface area contributed by atoms with Crippen LogP contribution >= 0.6 is 0 Å². The van der Waals surface area contributed by atoms with E-state index in [1.807, 2.05) is 0 Å². The maximum atomic E-state index is 12.0. The molecule has 0 amide bonds. The van der Waals surface area contributed by atoms with Gasteiger partial charge in [0.25, 0.3) is 0 Å². The summed E-state index contributed by atoms with van der Waals surface area (Å²) in [5.74, 6) is -0.502. The van der Waals surface area contributed by atoms with E-state index in [1.54, 1.807) is 0 Å². The standard InChI is InChI=1S/C14H16O4/c1-17-13(15)11-9-5-6-10(8-4-3-7(8)9)12(11)14(16)18-2/h3-12H,1-2H3/t7-,8+,9-,10+,11-,12-/m1/s1. The molecule has 0 aromatic carbocycles. The van der Waals surface area contributed by atoms with Crippen LogP contribution in [-0.2, 0) is 19.1 Å². The molecule has 0 heterocycles. The molecule has 0 aromatic heterocycles. The maximum absolute atomic E-state index is 12.0. The number of carbonyl (C=O) groups is 2. The first-order chi connectivity index (χ1) is 8.69. The molecule has 6 atom stereocenters. The van der Waals surface area contributed by atoms with Crippen LogP contribution in [0.2, 0.25) is 0 Å². The predicted octanol–water partition coefficient (Wildman–Crippen LogP) is 1.18. The van der Waals surface area contributed by atoms with E-state index in [9.17, 15) is 9.59 Å². The third kappa shape index (κ3) is 1.32. The van der Waals surface area contributed by atoms with Crippen molar-refractivity contribution in [1.82, 2.24) is 0 Å². The Balaban J connectivity index is 2.00. The van der Waals surface area contributed by atoms with E-state index in [0.717, 1.165) is 0 Å². The van der Waals surface area contributed by atoms with E-state index < -0.39 is 11.8 Å². The maximum Gasteiger partial charge on any atom is 0.310 e. The second-order valence-electron chi connectivity index (χ2n) is 5.18. The van der Waals surface area contributed by atoms with Gasteiger partial charge < -0.3 is 9.47 Å². The van der Waals surface area contributed by atoms with Crippen molar-refractivity contribution in [2.24, 2.45) is 35.5 Å². The molecule has 4 aliphatic rings. The second-order valence-corrected chi connectivity index (χ2v) is 5.18. The van der Waals surface area contributed by atoms with Gasteiger partial charge in [-0.25, -0.2) is 0 Å². The predicted molar refractivity (Wildman–Crippen MR) is 63.3 cm³/mol. The van der Waals surface area contributed by atoms with Gasteiger partial charge in [0.05, 0.1) is 26.1 Å². The molecule has 0 unspecified atom stereocenters. The Bertz CT molecular complexity index is 411. The van der Waals surface area contributed by atoms with Crippen LogP contribution in [0.5, 0.6) is 0 Å². The summed E-state index contributed by atoms with van der Waals surface area (Å²) in [6, 6.07) is 0. The zero-order valence-corrected chi connectivity index (χ0v) is 10.4. The monoisotopic (exact) mass is 248 g/mol. The number of esters is 2. The SMILES string of the molecule is COC(=O)[C@@H]1[C@@H]2C=C[C@@H]([C@H]3C=C[C@H]32)[C@H]1C(=O)OC. The van der Waals surface area contributed by atoms with Gasteiger partial charge in [-0.15, -0.1) is 0 Å². The molecule has 0 aliphatic heterocycles. The van der Waals surface area contributed by atoms with Crippen molar-refractivity contribution in [2.75, 3.05) is 14.2 Å². The molecule has 4 heteroatoms. The van der Waals surface area contributed by atoms with Gasteiger partial charge in [-0.3, -0.25) is 9.59 Å². The zero-order chi connectivity index (χ0) is 12.9. The largest absolute Gasteiger partial charge is 0.469 e. The first kappa shape index (κ1) is 11.5. The highest BCUT2D eigenvalue weighted by Crippen LogP contribution is 2.56. The average molecular weight is 248 g/mol. The van der Waals surface area contributed by atoms with Crippen LogP contribution in [0, 0.1) is 35.5 Å². The van der Waals surface area contributed by atoms with E-state index >= 15 is 0 Å². The van der Waals surface area contributed by atoms with Crippen molar-refractivity contribution in [3.05, 3.63) is 24.3 Å². The minimum absolute atomic E-state index is 0.0709. The Kier molecular flexibility index (Phi) is 2.54. The Labute approximate surface area is 106 Å². The van der Waals surface area contributed by atoms with Gasteiger partial charge in [-0.1, -0.05) is 24.3 Å². The number of carbonyl (C=O) groups excluding carboxylic acids is 2. The summed E-state index contributed by atoms with van der Waals surface area (Å²) in [6.45, 7) is 0. The summed E-state index contributed by atoms with van der Waals surface area (Å²) >= 11 is 0. The molecule has 0 N–H and O–H groups in total. The van der Waals surface area contributed by atoms with Crippen LogP contribution in [0.1, 0.15) is 0 Å². The Morgan fingerprint density at radius 2 is 1.06 bits per heavy atom. The fourth-order valence-electron chi connectivity index (χ4n) is 3.73.